The van der Waals surface area contributed by atoms with Crippen molar-refractivity contribution < 1.29 is 5.11 Å². The average molecular weight is 261 g/mol. The maximum absolute atomic E-state index is 9.42. The van der Waals surface area contributed by atoms with Crippen molar-refractivity contribution >= 4 is 11.8 Å². The van der Waals surface area contributed by atoms with Crippen LogP contribution < -0.4 is 0 Å². The molecule has 94 valence electrons. The molecule has 1 aliphatic heterocycles. The lowest BCUT2D eigenvalue weighted by molar-refractivity contribution is 0.474. The third kappa shape index (κ3) is 2.36. The first-order valence-corrected chi connectivity index (χ1v) is 7.14. The second-order valence-corrected chi connectivity index (χ2v) is 5.48. The Bertz CT molecular complexity index is 553. The molecular weight excluding hydrogens is 246 g/mol. The lowest BCUT2D eigenvalue weighted by Crippen LogP contribution is -2.12. The number of aryl methyl sites for hydroxylation is 1. The van der Waals surface area contributed by atoms with Crippen LogP contribution in [0, 0.1) is 0 Å². The summed E-state index contributed by atoms with van der Waals surface area (Å²) < 4.78 is 2.24. The number of aromatic hydroxyl groups is 1. The van der Waals surface area contributed by atoms with E-state index >= 15 is 0 Å². The normalized spacial score (nSPS) is 14.4. The summed E-state index contributed by atoms with van der Waals surface area (Å²) in [4.78, 5) is 1.06. The molecular formula is C13H15N3OS. The SMILES string of the molecule is Oc1cccc(SCc2nnc3n2CCCC3)c1. The van der Waals surface area contributed by atoms with Gasteiger partial charge in [0.05, 0.1) is 5.75 Å². The number of nitrogens with zero attached hydrogens (tertiary/aromatic N) is 3. The fraction of sp³-hybridized carbons (Fsp3) is 0.385. The Morgan fingerprint density at radius 2 is 2.22 bits per heavy atom. The summed E-state index contributed by atoms with van der Waals surface area (Å²) in [6.45, 7) is 1.04. The molecule has 4 nitrogen and oxygen atoms in total. The quantitative estimate of drug-likeness (QED) is 0.863. The fourth-order valence-corrected chi connectivity index (χ4v) is 3.08. The van der Waals surface area contributed by atoms with Crippen molar-refractivity contribution in [2.75, 3.05) is 0 Å². The van der Waals surface area contributed by atoms with E-state index in [1.54, 1.807) is 23.9 Å². The summed E-state index contributed by atoms with van der Waals surface area (Å²) in [5.74, 6) is 3.27. The van der Waals surface area contributed by atoms with Crippen molar-refractivity contribution in [2.24, 2.45) is 0 Å². The molecule has 0 atom stereocenters. The van der Waals surface area contributed by atoms with Gasteiger partial charge in [0.2, 0.25) is 0 Å². The minimum absolute atomic E-state index is 0.309. The van der Waals surface area contributed by atoms with Gasteiger partial charge in [0, 0.05) is 17.9 Å². The number of phenols is 1. The molecule has 0 fully saturated rings. The smallest absolute Gasteiger partial charge is 0.143 e. The molecule has 0 aliphatic carbocycles. The van der Waals surface area contributed by atoms with Gasteiger partial charge in [0.15, 0.2) is 0 Å². The molecule has 1 aliphatic rings. The molecule has 0 spiro atoms. The maximum Gasteiger partial charge on any atom is 0.143 e. The summed E-state index contributed by atoms with van der Waals surface area (Å²) in [6, 6.07) is 7.32. The number of fused-ring (bicyclic) bond motifs is 1. The number of phenolic OH excluding ortho intramolecular Hbond substituents is 1. The van der Waals surface area contributed by atoms with E-state index in [4.69, 9.17) is 0 Å². The van der Waals surface area contributed by atoms with E-state index in [-0.39, 0.29) is 0 Å². The first-order valence-electron chi connectivity index (χ1n) is 6.16. The van der Waals surface area contributed by atoms with Gasteiger partial charge in [0.25, 0.3) is 0 Å². The Kier molecular flexibility index (Phi) is 3.23. The van der Waals surface area contributed by atoms with Crippen LogP contribution in [0.25, 0.3) is 0 Å². The zero-order valence-corrected chi connectivity index (χ0v) is 10.9. The van der Waals surface area contributed by atoms with Gasteiger partial charge >= 0.3 is 0 Å². The third-order valence-corrected chi connectivity index (χ3v) is 4.11. The van der Waals surface area contributed by atoms with Gasteiger partial charge in [-0.25, -0.2) is 0 Å². The Morgan fingerprint density at radius 3 is 3.11 bits per heavy atom. The molecule has 1 aromatic carbocycles. The lowest BCUT2D eigenvalue weighted by atomic mass is 10.2. The van der Waals surface area contributed by atoms with Gasteiger partial charge in [-0.05, 0) is 31.0 Å². The van der Waals surface area contributed by atoms with E-state index in [1.807, 2.05) is 12.1 Å². The number of aromatic nitrogens is 3. The standard InChI is InChI=1S/C13H15N3OS/c17-10-4-3-5-11(8-10)18-9-13-15-14-12-6-1-2-7-16(12)13/h3-5,8,17H,1-2,6-7,9H2. The van der Waals surface area contributed by atoms with Crippen molar-refractivity contribution in [1.29, 1.82) is 0 Å². The summed E-state index contributed by atoms with van der Waals surface area (Å²) in [5.41, 5.74) is 0. The van der Waals surface area contributed by atoms with E-state index in [1.165, 1.54) is 12.8 Å². The van der Waals surface area contributed by atoms with Crippen LogP contribution in [0.15, 0.2) is 29.2 Å². The molecule has 0 saturated carbocycles. The molecule has 1 aromatic heterocycles. The highest BCUT2D eigenvalue weighted by Gasteiger charge is 2.15. The Balaban J connectivity index is 1.72. The molecule has 0 unspecified atom stereocenters. The van der Waals surface area contributed by atoms with Crippen LogP contribution in [0.5, 0.6) is 5.75 Å². The molecule has 5 heteroatoms. The number of hydrogen-bond acceptors (Lipinski definition) is 4. The van der Waals surface area contributed by atoms with Crippen LogP contribution in [0.1, 0.15) is 24.5 Å². The Hall–Kier alpha value is -1.49. The van der Waals surface area contributed by atoms with Crippen LogP contribution >= 0.6 is 11.8 Å². The second kappa shape index (κ2) is 5.02. The first kappa shape index (κ1) is 11.6. The number of benzene rings is 1. The fourth-order valence-electron chi connectivity index (χ4n) is 2.20. The highest BCUT2D eigenvalue weighted by atomic mass is 32.2. The van der Waals surface area contributed by atoms with Gasteiger partial charge < -0.3 is 9.67 Å². The van der Waals surface area contributed by atoms with Gasteiger partial charge in [0.1, 0.15) is 17.4 Å². The molecule has 0 saturated heterocycles. The van der Waals surface area contributed by atoms with E-state index in [0.717, 1.165) is 35.3 Å². The molecule has 0 bridgehead atoms. The van der Waals surface area contributed by atoms with Crippen molar-refractivity contribution in [2.45, 2.75) is 36.5 Å². The third-order valence-electron chi connectivity index (χ3n) is 3.12. The predicted octanol–water partition coefficient (Wildman–Crippen LogP) is 2.61. The molecule has 1 N–H and O–H groups in total. The predicted molar refractivity (Wildman–Crippen MR) is 70.6 cm³/mol. The van der Waals surface area contributed by atoms with Crippen LogP contribution in [-0.4, -0.2) is 19.9 Å². The van der Waals surface area contributed by atoms with E-state index in [9.17, 15) is 5.11 Å². The van der Waals surface area contributed by atoms with Crippen molar-refractivity contribution in [1.82, 2.24) is 14.8 Å². The van der Waals surface area contributed by atoms with Gasteiger partial charge in [-0.1, -0.05) is 6.07 Å². The van der Waals surface area contributed by atoms with E-state index in [0.29, 0.717) is 5.75 Å². The Morgan fingerprint density at radius 1 is 1.28 bits per heavy atom. The van der Waals surface area contributed by atoms with E-state index < -0.39 is 0 Å². The molecule has 3 rings (SSSR count). The Labute approximate surface area is 110 Å². The van der Waals surface area contributed by atoms with Crippen LogP contribution in [0.3, 0.4) is 0 Å². The zero-order chi connectivity index (χ0) is 12.4. The molecule has 0 radical (unpaired) electrons. The van der Waals surface area contributed by atoms with Crippen LogP contribution in [-0.2, 0) is 18.7 Å². The summed E-state index contributed by atoms with van der Waals surface area (Å²) in [6.07, 6.45) is 3.48. The lowest BCUT2D eigenvalue weighted by Gasteiger charge is -2.14. The number of rotatable bonds is 3. The first-order chi connectivity index (χ1) is 8.83. The molecule has 2 aromatic rings. The van der Waals surface area contributed by atoms with Crippen LogP contribution in [0.2, 0.25) is 0 Å². The van der Waals surface area contributed by atoms with Crippen LogP contribution in [0.4, 0.5) is 0 Å². The molecule has 0 amide bonds. The van der Waals surface area contributed by atoms with Crippen molar-refractivity contribution in [3.05, 3.63) is 35.9 Å². The molecule has 2 heterocycles. The average Bonchev–Trinajstić information content (AvgIpc) is 2.80. The van der Waals surface area contributed by atoms with Gasteiger partial charge in [-0.3, -0.25) is 0 Å². The number of thioether (sulfide) groups is 1. The van der Waals surface area contributed by atoms with Crippen molar-refractivity contribution in [3.8, 4) is 5.75 Å². The minimum Gasteiger partial charge on any atom is -0.508 e. The van der Waals surface area contributed by atoms with Gasteiger partial charge in [-0.15, -0.1) is 22.0 Å². The summed E-state index contributed by atoms with van der Waals surface area (Å²) >= 11 is 1.68. The monoisotopic (exact) mass is 261 g/mol. The van der Waals surface area contributed by atoms with E-state index in [2.05, 4.69) is 14.8 Å². The number of hydrogen-bond donors (Lipinski definition) is 1. The van der Waals surface area contributed by atoms with Crippen molar-refractivity contribution in [3.63, 3.8) is 0 Å². The highest BCUT2D eigenvalue weighted by Crippen LogP contribution is 2.26. The molecule has 18 heavy (non-hydrogen) atoms. The van der Waals surface area contributed by atoms with Gasteiger partial charge in [-0.2, -0.15) is 0 Å². The topological polar surface area (TPSA) is 50.9 Å². The second-order valence-electron chi connectivity index (χ2n) is 4.43. The highest BCUT2D eigenvalue weighted by molar-refractivity contribution is 7.98. The zero-order valence-electron chi connectivity index (χ0n) is 10.0. The minimum atomic E-state index is 0.309. The largest absolute Gasteiger partial charge is 0.508 e. The maximum atomic E-state index is 9.42. The summed E-state index contributed by atoms with van der Waals surface area (Å²) in [5, 5.41) is 17.9. The summed E-state index contributed by atoms with van der Waals surface area (Å²) in [7, 11) is 0.